The van der Waals surface area contributed by atoms with Gasteiger partial charge in [0, 0.05) is 32.1 Å². The Morgan fingerprint density at radius 2 is 2.12 bits per heavy atom. The molecular weight excluding hydrogens is 376 g/mol. The minimum Gasteiger partial charge on any atom is -0.481 e. The van der Waals surface area contributed by atoms with E-state index in [2.05, 4.69) is 0 Å². The van der Waals surface area contributed by atoms with Crippen molar-refractivity contribution in [3.8, 4) is 0 Å². The fourth-order valence-electron chi connectivity index (χ4n) is 2.94. The standard InChI is InChI=1S/C17H18N2O5S2/c20-14(18-6-3-11(4-7-18)16(22)23)5-8-19-15(21)13(26-17(19)25)10-12-2-1-9-24-12/h1-2,9-11H,3-8H2,(H,22,23)/b13-10+. The quantitative estimate of drug-likeness (QED) is 0.605. The van der Waals surface area contributed by atoms with Crippen LogP contribution in [0.25, 0.3) is 6.08 Å². The highest BCUT2D eigenvalue weighted by Crippen LogP contribution is 2.32. The Hall–Kier alpha value is -2.13. The number of thiocarbonyl (C=S) groups is 1. The predicted octanol–water partition coefficient (Wildman–Crippen LogP) is 2.19. The summed E-state index contributed by atoms with van der Waals surface area (Å²) in [6.45, 7) is 1.09. The van der Waals surface area contributed by atoms with E-state index in [0.29, 0.717) is 40.9 Å². The van der Waals surface area contributed by atoms with Gasteiger partial charge in [-0.25, -0.2) is 0 Å². The zero-order valence-electron chi connectivity index (χ0n) is 13.9. The van der Waals surface area contributed by atoms with E-state index in [-0.39, 0.29) is 30.7 Å². The first-order chi connectivity index (χ1) is 12.5. The number of carbonyl (C=O) groups is 3. The van der Waals surface area contributed by atoms with Crippen LogP contribution in [-0.2, 0) is 14.4 Å². The van der Waals surface area contributed by atoms with Crippen molar-refractivity contribution in [2.45, 2.75) is 19.3 Å². The van der Waals surface area contributed by atoms with Crippen LogP contribution in [0.1, 0.15) is 25.0 Å². The molecular formula is C17H18N2O5S2. The first-order valence-electron chi connectivity index (χ1n) is 8.25. The molecule has 0 radical (unpaired) electrons. The van der Waals surface area contributed by atoms with E-state index in [1.54, 1.807) is 23.1 Å². The average molecular weight is 394 g/mol. The summed E-state index contributed by atoms with van der Waals surface area (Å²) in [6, 6.07) is 3.48. The summed E-state index contributed by atoms with van der Waals surface area (Å²) in [6.07, 6.45) is 4.26. The van der Waals surface area contributed by atoms with Crippen molar-refractivity contribution in [2.75, 3.05) is 19.6 Å². The molecule has 2 aliphatic heterocycles. The molecule has 1 aromatic heterocycles. The molecule has 0 aliphatic carbocycles. The van der Waals surface area contributed by atoms with Crippen LogP contribution in [0.2, 0.25) is 0 Å². The number of rotatable bonds is 5. The Bertz CT molecular complexity index is 751. The van der Waals surface area contributed by atoms with Crippen LogP contribution >= 0.6 is 24.0 Å². The van der Waals surface area contributed by atoms with Crippen molar-refractivity contribution in [3.63, 3.8) is 0 Å². The highest BCUT2D eigenvalue weighted by molar-refractivity contribution is 8.26. The number of hydrogen-bond acceptors (Lipinski definition) is 6. The molecule has 2 amide bonds. The molecule has 3 heterocycles. The summed E-state index contributed by atoms with van der Waals surface area (Å²) < 4.78 is 5.63. The molecule has 7 nitrogen and oxygen atoms in total. The number of aliphatic carboxylic acids is 1. The van der Waals surface area contributed by atoms with Gasteiger partial charge >= 0.3 is 5.97 Å². The van der Waals surface area contributed by atoms with Crippen molar-refractivity contribution in [1.82, 2.24) is 9.80 Å². The van der Waals surface area contributed by atoms with Crippen LogP contribution in [0.3, 0.4) is 0 Å². The molecule has 2 aliphatic rings. The number of amides is 2. The molecule has 3 rings (SSSR count). The Balaban J connectivity index is 1.53. The summed E-state index contributed by atoms with van der Waals surface area (Å²) in [7, 11) is 0. The van der Waals surface area contributed by atoms with E-state index in [4.69, 9.17) is 21.7 Å². The van der Waals surface area contributed by atoms with Crippen LogP contribution in [-0.4, -0.2) is 56.6 Å². The first kappa shape index (κ1) is 18.7. The number of thioether (sulfide) groups is 1. The normalized spacial score (nSPS) is 20.2. The molecule has 0 atom stereocenters. The third-order valence-corrected chi connectivity index (χ3v) is 5.81. The largest absolute Gasteiger partial charge is 0.481 e. The smallest absolute Gasteiger partial charge is 0.306 e. The molecule has 0 aromatic carbocycles. The zero-order chi connectivity index (χ0) is 18.7. The van der Waals surface area contributed by atoms with Crippen molar-refractivity contribution >= 4 is 52.2 Å². The van der Waals surface area contributed by atoms with Gasteiger partial charge in [0.15, 0.2) is 0 Å². The van der Waals surface area contributed by atoms with E-state index in [1.165, 1.54) is 22.9 Å². The highest BCUT2D eigenvalue weighted by atomic mass is 32.2. The number of carboxylic acid groups (broad SMARTS) is 1. The van der Waals surface area contributed by atoms with Gasteiger partial charge in [-0.05, 0) is 25.0 Å². The topological polar surface area (TPSA) is 91.1 Å². The molecule has 9 heteroatoms. The molecule has 138 valence electrons. The van der Waals surface area contributed by atoms with E-state index in [1.807, 2.05) is 0 Å². The maximum atomic E-state index is 12.5. The fraction of sp³-hybridized carbons (Fsp3) is 0.412. The molecule has 0 unspecified atom stereocenters. The minimum absolute atomic E-state index is 0.0853. The van der Waals surface area contributed by atoms with E-state index >= 15 is 0 Å². The molecule has 0 bridgehead atoms. The highest BCUT2D eigenvalue weighted by Gasteiger charge is 2.33. The lowest BCUT2D eigenvalue weighted by molar-refractivity contribution is -0.145. The Kier molecular flexibility index (Phi) is 5.77. The van der Waals surface area contributed by atoms with Gasteiger partial charge in [-0.3, -0.25) is 19.3 Å². The Morgan fingerprint density at radius 1 is 1.38 bits per heavy atom. The van der Waals surface area contributed by atoms with E-state index < -0.39 is 5.97 Å². The molecule has 2 fully saturated rings. The maximum absolute atomic E-state index is 12.5. The second kappa shape index (κ2) is 8.05. The van der Waals surface area contributed by atoms with Gasteiger partial charge < -0.3 is 14.4 Å². The summed E-state index contributed by atoms with van der Waals surface area (Å²) in [5.74, 6) is -0.926. The lowest BCUT2D eigenvalue weighted by Gasteiger charge is -2.30. The zero-order valence-corrected chi connectivity index (χ0v) is 15.6. The second-order valence-corrected chi connectivity index (χ2v) is 7.77. The molecule has 0 spiro atoms. The van der Waals surface area contributed by atoms with Crippen LogP contribution in [0.15, 0.2) is 27.7 Å². The van der Waals surface area contributed by atoms with Crippen LogP contribution in [0.4, 0.5) is 0 Å². The van der Waals surface area contributed by atoms with Gasteiger partial charge in [-0.1, -0.05) is 24.0 Å². The first-order valence-corrected chi connectivity index (χ1v) is 9.47. The van der Waals surface area contributed by atoms with Crippen LogP contribution in [0.5, 0.6) is 0 Å². The number of carboxylic acids is 1. The van der Waals surface area contributed by atoms with Gasteiger partial charge in [0.2, 0.25) is 5.91 Å². The van der Waals surface area contributed by atoms with Gasteiger partial charge in [0.1, 0.15) is 10.1 Å². The van der Waals surface area contributed by atoms with Gasteiger partial charge in [0.05, 0.1) is 17.1 Å². The lowest BCUT2D eigenvalue weighted by Crippen LogP contribution is -2.41. The number of carbonyl (C=O) groups excluding carboxylic acids is 2. The number of nitrogens with zero attached hydrogens (tertiary/aromatic N) is 2. The van der Waals surface area contributed by atoms with Gasteiger partial charge in [0.25, 0.3) is 5.91 Å². The SMILES string of the molecule is O=C(O)C1CCN(C(=O)CCN2C(=O)/C(=C\c3ccco3)SC2=S)CC1. The summed E-state index contributed by atoms with van der Waals surface area (Å²) in [5, 5.41) is 9.01. The fourth-order valence-corrected chi connectivity index (χ4v) is 4.23. The Morgan fingerprint density at radius 3 is 2.73 bits per heavy atom. The molecule has 1 N–H and O–H groups in total. The number of furan rings is 1. The molecule has 0 saturated carbocycles. The lowest BCUT2D eigenvalue weighted by atomic mass is 9.97. The summed E-state index contributed by atoms with van der Waals surface area (Å²) >= 11 is 6.44. The summed E-state index contributed by atoms with van der Waals surface area (Å²) in [5.41, 5.74) is 0. The third kappa shape index (κ3) is 4.16. The maximum Gasteiger partial charge on any atom is 0.306 e. The second-order valence-electron chi connectivity index (χ2n) is 6.09. The molecule has 1 aromatic rings. The van der Waals surface area contributed by atoms with Crippen molar-refractivity contribution in [3.05, 3.63) is 29.1 Å². The predicted molar refractivity (Wildman–Crippen MR) is 100 cm³/mol. The average Bonchev–Trinajstić information content (AvgIpc) is 3.22. The van der Waals surface area contributed by atoms with Crippen molar-refractivity contribution < 1.29 is 23.9 Å². The van der Waals surface area contributed by atoms with Crippen molar-refractivity contribution in [2.24, 2.45) is 5.92 Å². The summed E-state index contributed by atoms with van der Waals surface area (Å²) in [4.78, 5) is 39.3. The molecule has 26 heavy (non-hydrogen) atoms. The number of likely N-dealkylation sites (tertiary alicyclic amines) is 1. The van der Waals surface area contributed by atoms with Gasteiger partial charge in [-0.15, -0.1) is 0 Å². The van der Waals surface area contributed by atoms with E-state index in [0.717, 1.165) is 0 Å². The third-order valence-electron chi connectivity index (χ3n) is 4.44. The van der Waals surface area contributed by atoms with Gasteiger partial charge in [-0.2, -0.15) is 0 Å². The Labute approximate surface area is 160 Å². The van der Waals surface area contributed by atoms with Crippen LogP contribution in [0, 0.1) is 5.92 Å². The number of piperidine rings is 1. The van der Waals surface area contributed by atoms with Crippen molar-refractivity contribution in [1.29, 1.82) is 0 Å². The monoisotopic (exact) mass is 394 g/mol. The molecule has 2 saturated heterocycles. The minimum atomic E-state index is -0.807. The van der Waals surface area contributed by atoms with Crippen LogP contribution < -0.4 is 0 Å². The number of hydrogen-bond donors (Lipinski definition) is 1. The van der Waals surface area contributed by atoms with E-state index in [9.17, 15) is 14.4 Å².